The summed E-state index contributed by atoms with van der Waals surface area (Å²) in [4.78, 5) is 14.0. The van der Waals surface area contributed by atoms with Gasteiger partial charge in [0, 0.05) is 4.90 Å². The first-order chi connectivity index (χ1) is 18.7. The number of methoxy groups -OCH3 is 2. The van der Waals surface area contributed by atoms with E-state index < -0.39 is 0 Å². The normalized spacial score (nSPS) is 11.2. The average molecular weight is 539 g/mol. The van der Waals surface area contributed by atoms with Crippen molar-refractivity contribution < 1.29 is 14.3 Å². The second-order valence-corrected chi connectivity index (χ2v) is 11.3. The predicted molar refractivity (Wildman–Crippen MR) is 165 cm³/mol. The summed E-state index contributed by atoms with van der Waals surface area (Å²) in [5, 5.41) is 0. The van der Waals surface area contributed by atoms with Crippen LogP contribution in [0.4, 0.5) is 0 Å². The number of carbonyl (C=O) groups is 1. The molecule has 0 fully saturated rings. The van der Waals surface area contributed by atoms with Gasteiger partial charge in [0.1, 0.15) is 0 Å². The molecule has 2 rings (SSSR count). The molecule has 0 bridgehead atoms. The molecule has 3 nitrogen and oxygen atoms in total. The molecule has 210 valence electrons. The second kappa shape index (κ2) is 20.7. The molecule has 0 unspecified atom stereocenters. The smallest absolute Gasteiger partial charge is 0.189 e. The molecule has 0 aromatic heterocycles. The topological polar surface area (TPSA) is 35.5 Å². The largest absolute Gasteiger partial charge is 0.493 e. The van der Waals surface area contributed by atoms with Gasteiger partial charge in [0.05, 0.1) is 19.8 Å². The van der Waals surface area contributed by atoms with Crippen molar-refractivity contribution in [3.8, 4) is 11.5 Å². The van der Waals surface area contributed by atoms with Crippen LogP contribution in [0.25, 0.3) is 6.08 Å². The van der Waals surface area contributed by atoms with Crippen molar-refractivity contribution in [1.82, 2.24) is 0 Å². The second-order valence-electron chi connectivity index (χ2n) is 10.1. The number of para-hydroxylation sites is 1. The van der Waals surface area contributed by atoms with Gasteiger partial charge >= 0.3 is 0 Å². The number of hydrogen-bond acceptors (Lipinski definition) is 4. The quantitative estimate of drug-likeness (QED) is 0.0646. The SMILES string of the molecule is CCCCCCCCCCCCCCCCCSc1ccc(C=CC(=O)c2cccc(OC)c2OC)cc1. The lowest BCUT2D eigenvalue weighted by molar-refractivity contribution is 0.104. The Hall–Kier alpha value is -2.20. The molecule has 0 heterocycles. The van der Waals surface area contributed by atoms with Crippen molar-refractivity contribution in [3.63, 3.8) is 0 Å². The number of thioether (sulfide) groups is 1. The Morgan fingerprint density at radius 2 is 1.26 bits per heavy atom. The van der Waals surface area contributed by atoms with Gasteiger partial charge in [-0.2, -0.15) is 0 Å². The maximum atomic E-state index is 12.7. The van der Waals surface area contributed by atoms with Crippen LogP contribution < -0.4 is 9.47 Å². The Bertz CT molecular complexity index is 920. The van der Waals surface area contributed by atoms with E-state index in [-0.39, 0.29) is 5.78 Å². The van der Waals surface area contributed by atoms with Gasteiger partial charge in [-0.15, -0.1) is 11.8 Å². The summed E-state index contributed by atoms with van der Waals surface area (Å²) in [6, 6.07) is 13.8. The molecule has 0 aliphatic carbocycles. The summed E-state index contributed by atoms with van der Waals surface area (Å²) in [7, 11) is 3.12. The van der Waals surface area contributed by atoms with Gasteiger partial charge in [-0.05, 0) is 48.1 Å². The van der Waals surface area contributed by atoms with Crippen LogP contribution in [0.1, 0.15) is 119 Å². The van der Waals surface area contributed by atoms with Crippen LogP contribution in [0, 0.1) is 0 Å². The standard InChI is InChI=1S/C34H50O3S/c1-4-5-6-7-8-9-10-11-12-13-14-15-16-17-18-28-38-30-25-22-29(23-26-30)24-27-32(35)31-20-19-21-33(36-2)34(31)37-3/h19-27H,4-18,28H2,1-3H3. The summed E-state index contributed by atoms with van der Waals surface area (Å²) >= 11 is 1.92. The van der Waals surface area contributed by atoms with Crippen LogP contribution >= 0.6 is 11.8 Å². The van der Waals surface area contributed by atoms with Gasteiger partial charge < -0.3 is 9.47 Å². The van der Waals surface area contributed by atoms with Gasteiger partial charge in [0.2, 0.25) is 0 Å². The van der Waals surface area contributed by atoms with Crippen LogP contribution in [0.2, 0.25) is 0 Å². The predicted octanol–water partition coefficient (Wildman–Crippen LogP) is 10.6. The maximum Gasteiger partial charge on any atom is 0.189 e. The number of ketones is 1. The van der Waals surface area contributed by atoms with Crippen molar-refractivity contribution in [2.45, 2.75) is 108 Å². The summed E-state index contributed by atoms with van der Waals surface area (Å²) in [5.41, 5.74) is 1.51. The third kappa shape index (κ3) is 13.0. The molecule has 0 N–H and O–H groups in total. The third-order valence-corrected chi connectivity index (χ3v) is 8.09. The monoisotopic (exact) mass is 538 g/mol. The van der Waals surface area contributed by atoms with Crippen LogP contribution in [0.5, 0.6) is 11.5 Å². The Labute approximate surface area is 236 Å². The lowest BCUT2D eigenvalue weighted by atomic mass is 10.0. The molecule has 0 spiro atoms. The van der Waals surface area contributed by atoms with E-state index in [0.29, 0.717) is 17.1 Å². The summed E-state index contributed by atoms with van der Waals surface area (Å²) < 4.78 is 10.7. The fourth-order valence-electron chi connectivity index (χ4n) is 4.68. The molecule has 4 heteroatoms. The van der Waals surface area contributed by atoms with E-state index in [4.69, 9.17) is 9.47 Å². The molecule has 0 aliphatic rings. The van der Waals surface area contributed by atoms with Crippen LogP contribution in [0.3, 0.4) is 0 Å². The average Bonchev–Trinajstić information content (AvgIpc) is 2.95. The number of carbonyl (C=O) groups excluding carboxylic acids is 1. The number of hydrogen-bond donors (Lipinski definition) is 0. The van der Waals surface area contributed by atoms with E-state index in [0.717, 1.165) is 5.56 Å². The van der Waals surface area contributed by atoms with E-state index in [1.54, 1.807) is 38.5 Å². The van der Waals surface area contributed by atoms with Gasteiger partial charge in [0.15, 0.2) is 17.3 Å². The van der Waals surface area contributed by atoms with Crippen molar-refractivity contribution in [2.24, 2.45) is 0 Å². The molecule has 0 aliphatic heterocycles. The van der Waals surface area contributed by atoms with Crippen molar-refractivity contribution in [1.29, 1.82) is 0 Å². The number of unbranched alkanes of at least 4 members (excludes halogenated alkanes) is 14. The van der Waals surface area contributed by atoms with E-state index in [2.05, 4.69) is 31.2 Å². The van der Waals surface area contributed by atoms with Crippen LogP contribution in [-0.4, -0.2) is 25.8 Å². The van der Waals surface area contributed by atoms with E-state index in [9.17, 15) is 4.79 Å². The first-order valence-corrected chi connectivity index (χ1v) is 15.8. The number of rotatable bonds is 22. The first-order valence-electron chi connectivity index (χ1n) is 14.9. The highest BCUT2D eigenvalue weighted by molar-refractivity contribution is 7.99. The number of ether oxygens (including phenoxy) is 2. The fourth-order valence-corrected chi connectivity index (χ4v) is 5.59. The number of allylic oxidation sites excluding steroid dienone is 1. The fraction of sp³-hybridized carbons (Fsp3) is 0.559. The van der Waals surface area contributed by atoms with E-state index >= 15 is 0 Å². The zero-order chi connectivity index (χ0) is 27.3. The highest BCUT2D eigenvalue weighted by atomic mass is 32.2. The van der Waals surface area contributed by atoms with Gasteiger partial charge in [0.25, 0.3) is 0 Å². The minimum atomic E-state index is -0.104. The lowest BCUT2D eigenvalue weighted by Crippen LogP contribution is -2.01. The molecule has 0 atom stereocenters. The first kappa shape index (κ1) is 32.0. The van der Waals surface area contributed by atoms with Gasteiger partial charge in [-0.25, -0.2) is 0 Å². The minimum absolute atomic E-state index is 0.104. The van der Waals surface area contributed by atoms with Crippen LogP contribution in [0.15, 0.2) is 53.4 Å². The molecule has 0 radical (unpaired) electrons. The summed E-state index contributed by atoms with van der Waals surface area (Å²) in [5.74, 6) is 2.09. The van der Waals surface area contributed by atoms with Gasteiger partial charge in [-0.3, -0.25) is 4.79 Å². The van der Waals surface area contributed by atoms with Crippen LogP contribution in [-0.2, 0) is 0 Å². The Kier molecular flexibility index (Phi) is 17.5. The highest BCUT2D eigenvalue weighted by Gasteiger charge is 2.14. The van der Waals surface area contributed by atoms with Crippen molar-refractivity contribution in [2.75, 3.05) is 20.0 Å². The van der Waals surface area contributed by atoms with E-state index in [1.807, 2.05) is 17.8 Å². The molecule has 2 aromatic rings. The summed E-state index contributed by atoms with van der Waals surface area (Å²) in [6.07, 6.45) is 24.5. The van der Waals surface area contributed by atoms with E-state index in [1.165, 1.54) is 107 Å². The molecule has 0 saturated heterocycles. The van der Waals surface area contributed by atoms with Gasteiger partial charge in [-0.1, -0.05) is 121 Å². The molecular weight excluding hydrogens is 488 g/mol. The maximum absolute atomic E-state index is 12.7. The Balaban J connectivity index is 1.53. The summed E-state index contributed by atoms with van der Waals surface area (Å²) in [6.45, 7) is 2.29. The molecule has 38 heavy (non-hydrogen) atoms. The highest BCUT2D eigenvalue weighted by Crippen LogP contribution is 2.31. The molecule has 2 aromatic carbocycles. The molecule has 0 saturated carbocycles. The zero-order valence-corrected chi connectivity index (χ0v) is 25.0. The Morgan fingerprint density at radius 1 is 0.711 bits per heavy atom. The number of benzene rings is 2. The zero-order valence-electron chi connectivity index (χ0n) is 24.1. The Morgan fingerprint density at radius 3 is 1.79 bits per heavy atom. The molecular formula is C34H50O3S. The third-order valence-electron chi connectivity index (χ3n) is 6.99. The van der Waals surface area contributed by atoms with Crippen molar-refractivity contribution in [3.05, 3.63) is 59.7 Å². The minimum Gasteiger partial charge on any atom is -0.493 e. The molecule has 0 amide bonds. The van der Waals surface area contributed by atoms with Crippen molar-refractivity contribution >= 4 is 23.6 Å². The lowest BCUT2D eigenvalue weighted by Gasteiger charge is -2.10.